The molecule has 128 valence electrons. The van der Waals surface area contributed by atoms with Crippen molar-refractivity contribution in [2.75, 3.05) is 4.72 Å². The van der Waals surface area contributed by atoms with Gasteiger partial charge in [-0.05, 0) is 48.7 Å². The highest BCUT2D eigenvalue weighted by atomic mass is 32.2. The van der Waals surface area contributed by atoms with Crippen LogP contribution in [-0.2, 0) is 16.4 Å². The normalized spacial score (nSPS) is 11.2. The molecule has 2 rings (SSSR count). The molecule has 0 spiro atoms. The summed E-state index contributed by atoms with van der Waals surface area (Å²) in [6.45, 7) is 2.10. The summed E-state index contributed by atoms with van der Waals surface area (Å²) in [5, 5.41) is 18.4. The summed E-state index contributed by atoms with van der Waals surface area (Å²) >= 11 is 0. The van der Waals surface area contributed by atoms with Gasteiger partial charge in [0.25, 0.3) is 10.0 Å². The number of hydrogen-bond donors (Lipinski definition) is 3. The Kier molecular flexibility index (Phi) is 5.46. The fraction of sp³-hybridized carbons (Fsp3) is 0.235. The number of phenols is 1. The van der Waals surface area contributed by atoms with Gasteiger partial charge in [-0.3, -0.25) is 4.72 Å². The van der Waals surface area contributed by atoms with E-state index in [1.807, 2.05) is 12.1 Å². The molecule has 0 aliphatic carbocycles. The summed E-state index contributed by atoms with van der Waals surface area (Å²) in [4.78, 5) is 10.8. The smallest absolute Gasteiger partial charge is 0.339 e. The fourth-order valence-corrected chi connectivity index (χ4v) is 3.27. The Bertz CT molecular complexity index is 829. The molecular formula is C17H19NO5S. The van der Waals surface area contributed by atoms with Gasteiger partial charge in [-0.25, -0.2) is 13.2 Å². The molecule has 0 aromatic heterocycles. The standard InChI is InChI=1S/C17H19NO5S/c1-2-3-4-12-5-7-13(8-6-12)18-24(22,23)14-9-10-16(19)15(11-14)17(20)21/h5-11,18-19H,2-4H2,1H3,(H,20,21). The second kappa shape index (κ2) is 7.35. The van der Waals surface area contributed by atoms with Crippen molar-refractivity contribution in [1.82, 2.24) is 0 Å². The van der Waals surface area contributed by atoms with Gasteiger partial charge in [0.2, 0.25) is 0 Å². The number of nitrogens with one attached hydrogen (secondary N) is 1. The topological polar surface area (TPSA) is 104 Å². The van der Waals surface area contributed by atoms with Gasteiger partial charge in [0.05, 0.1) is 4.90 Å². The van der Waals surface area contributed by atoms with Crippen molar-refractivity contribution in [2.24, 2.45) is 0 Å². The van der Waals surface area contributed by atoms with Crippen LogP contribution in [0.3, 0.4) is 0 Å². The third-order valence-electron chi connectivity index (χ3n) is 3.53. The molecule has 3 N–H and O–H groups in total. The van der Waals surface area contributed by atoms with E-state index in [0.29, 0.717) is 5.69 Å². The summed E-state index contributed by atoms with van der Waals surface area (Å²) in [7, 11) is -3.94. The number of aryl methyl sites for hydroxylation is 1. The third-order valence-corrected chi connectivity index (χ3v) is 4.91. The molecule has 0 aliphatic rings. The highest BCUT2D eigenvalue weighted by Crippen LogP contribution is 2.23. The second-order valence-corrected chi connectivity index (χ2v) is 7.07. The average molecular weight is 349 g/mol. The lowest BCUT2D eigenvalue weighted by molar-refractivity contribution is 0.0693. The first kappa shape index (κ1) is 17.8. The molecule has 0 atom stereocenters. The van der Waals surface area contributed by atoms with Crippen LogP contribution in [0.25, 0.3) is 0 Å². The predicted octanol–water partition coefficient (Wildman–Crippen LogP) is 3.23. The first-order valence-electron chi connectivity index (χ1n) is 7.51. The Hall–Kier alpha value is -2.54. The van der Waals surface area contributed by atoms with Crippen LogP contribution in [0.1, 0.15) is 35.7 Å². The van der Waals surface area contributed by atoms with E-state index in [4.69, 9.17) is 5.11 Å². The molecule has 2 aromatic carbocycles. The van der Waals surface area contributed by atoms with Crippen molar-refractivity contribution in [3.63, 3.8) is 0 Å². The van der Waals surface area contributed by atoms with Crippen LogP contribution in [0.5, 0.6) is 5.75 Å². The van der Waals surface area contributed by atoms with Crippen LogP contribution in [0, 0.1) is 0 Å². The molecule has 0 aliphatic heterocycles. The summed E-state index contributed by atoms with van der Waals surface area (Å²) in [6.07, 6.45) is 3.08. The zero-order chi connectivity index (χ0) is 17.7. The van der Waals surface area contributed by atoms with Crippen LogP contribution in [0.15, 0.2) is 47.4 Å². The number of aromatic carboxylic acids is 1. The van der Waals surface area contributed by atoms with Crippen LogP contribution in [-0.4, -0.2) is 24.6 Å². The van der Waals surface area contributed by atoms with Gasteiger partial charge < -0.3 is 10.2 Å². The lowest BCUT2D eigenvalue weighted by Gasteiger charge is -2.10. The van der Waals surface area contributed by atoms with E-state index in [1.165, 1.54) is 0 Å². The van der Waals surface area contributed by atoms with Crippen LogP contribution in [0.2, 0.25) is 0 Å². The van der Waals surface area contributed by atoms with Crippen molar-refractivity contribution < 1.29 is 23.4 Å². The van der Waals surface area contributed by atoms with Crippen LogP contribution >= 0.6 is 0 Å². The first-order chi connectivity index (χ1) is 11.3. The molecule has 6 nitrogen and oxygen atoms in total. The van der Waals surface area contributed by atoms with Gasteiger partial charge in [-0.15, -0.1) is 0 Å². The maximum absolute atomic E-state index is 12.4. The Morgan fingerprint density at radius 1 is 1.12 bits per heavy atom. The van der Waals surface area contributed by atoms with Crippen molar-refractivity contribution in [2.45, 2.75) is 31.1 Å². The quantitative estimate of drug-likeness (QED) is 0.712. The molecule has 0 saturated heterocycles. The van der Waals surface area contributed by atoms with E-state index in [2.05, 4.69) is 11.6 Å². The van der Waals surface area contributed by atoms with Crippen molar-refractivity contribution >= 4 is 21.7 Å². The number of hydrogen-bond acceptors (Lipinski definition) is 4. The number of carboxylic acids is 1. The van der Waals surface area contributed by atoms with Crippen LogP contribution in [0.4, 0.5) is 5.69 Å². The molecular weight excluding hydrogens is 330 g/mol. The number of sulfonamides is 1. The van der Waals surface area contributed by atoms with Crippen molar-refractivity contribution in [3.05, 3.63) is 53.6 Å². The van der Waals surface area contributed by atoms with Gasteiger partial charge in [0.1, 0.15) is 11.3 Å². The lowest BCUT2D eigenvalue weighted by atomic mass is 10.1. The Labute approximate surface area is 140 Å². The van der Waals surface area contributed by atoms with Gasteiger partial charge >= 0.3 is 5.97 Å². The molecule has 2 aromatic rings. The summed E-state index contributed by atoms with van der Waals surface area (Å²) in [6, 6.07) is 10.2. The Morgan fingerprint density at radius 3 is 2.38 bits per heavy atom. The first-order valence-corrected chi connectivity index (χ1v) is 9.00. The number of benzene rings is 2. The number of anilines is 1. The second-order valence-electron chi connectivity index (χ2n) is 5.39. The molecule has 24 heavy (non-hydrogen) atoms. The number of unbranched alkanes of at least 4 members (excludes halogenated alkanes) is 1. The summed E-state index contributed by atoms with van der Waals surface area (Å²) in [5.41, 5.74) is 1.05. The Balaban J connectivity index is 2.22. The van der Waals surface area contributed by atoms with Crippen LogP contribution < -0.4 is 4.72 Å². The zero-order valence-corrected chi connectivity index (χ0v) is 14.0. The molecule has 0 fully saturated rings. The zero-order valence-electron chi connectivity index (χ0n) is 13.2. The minimum atomic E-state index is -3.94. The number of aromatic hydroxyl groups is 1. The molecule has 0 radical (unpaired) electrons. The highest BCUT2D eigenvalue weighted by molar-refractivity contribution is 7.92. The average Bonchev–Trinajstić information content (AvgIpc) is 2.54. The molecule has 0 saturated carbocycles. The number of carboxylic acid groups (broad SMARTS) is 1. The molecule has 0 amide bonds. The molecule has 0 unspecified atom stereocenters. The van der Waals surface area contributed by atoms with E-state index < -0.39 is 27.3 Å². The monoisotopic (exact) mass is 349 g/mol. The van der Waals surface area contributed by atoms with Gasteiger partial charge in [0, 0.05) is 5.69 Å². The largest absolute Gasteiger partial charge is 0.507 e. The van der Waals surface area contributed by atoms with Gasteiger partial charge in [0.15, 0.2) is 0 Å². The van der Waals surface area contributed by atoms with E-state index >= 15 is 0 Å². The highest BCUT2D eigenvalue weighted by Gasteiger charge is 2.19. The Morgan fingerprint density at radius 2 is 1.79 bits per heavy atom. The third kappa shape index (κ3) is 4.26. The van der Waals surface area contributed by atoms with Crippen molar-refractivity contribution in [3.8, 4) is 5.75 Å². The summed E-state index contributed by atoms with van der Waals surface area (Å²) in [5.74, 6) is -1.88. The van der Waals surface area contributed by atoms with Crippen molar-refractivity contribution in [1.29, 1.82) is 0 Å². The van der Waals surface area contributed by atoms with Gasteiger partial charge in [-0.1, -0.05) is 25.5 Å². The molecule has 0 bridgehead atoms. The predicted molar refractivity (Wildman–Crippen MR) is 90.9 cm³/mol. The maximum atomic E-state index is 12.4. The maximum Gasteiger partial charge on any atom is 0.339 e. The van der Waals surface area contributed by atoms with Gasteiger partial charge in [-0.2, -0.15) is 0 Å². The van der Waals surface area contributed by atoms with E-state index in [-0.39, 0.29) is 4.90 Å². The molecule has 7 heteroatoms. The minimum Gasteiger partial charge on any atom is -0.507 e. The lowest BCUT2D eigenvalue weighted by Crippen LogP contribution is -2.13. The number of rotatable bonds is 7. The summed E-state index contributed by atoms with van der Waals surface area (Å²) < 4.78 is 27.1. The van der Waals surface area contributed by atoms with E-state index in [1.54, 1.807) is 12.1 Å². The fourth-order valence-electron chi connectivity index (χ4n) is 2.19. The number of carbonyl (C=O) groups is 1. The minimum absolute atomic E-state index is 0.229. The molecule has 0 heterocycles. The van der Waals surface area contributed by atoms with E-state index in [9.17, 15) is 18.3 Å². The SMILES string of the molecule is CCCCc1ccc(NS(=O)(=O)c2ccc(O)c(C(=O)O)c2)cc1. The van der Waals surface area contributed by atoms with E-state index in [0.717, 1.165) is 43.0 Å².